The molecule has 176 valence electrons. The minimum atomic E-state index is -3.92. The average molecular weight is 490 g/mol. The number of halogens is 1. The Labute approximate surface area is 199 Å². The summed E-state index contributed by atoms with van der Waals surface area (Å²) < 4.78 is 29.9. The van der Waals surface area contributed by atoms with Crippen molar-refractivity contribution in [3.05, 3.63) is 77.1 Å². The molecule has 0 atom stereocenters. The number of rotatable bonds is 11. The molecule has 0 radical (unpaired) electrons. The molecule has 3 aromatic rings. The molecule has 0 aliphatic carbocycles. The molecular weight excluding hydrogens is 462 g/mol. The van der Waals surface area contributed by atoms with Gasteiger partial charge < -0.3 is 10.2 Å². The molecule has 0 saturated carbocycles. The number of hydrogen-bond acceptors (Lipinski definition) is 5. The van der Waals surface area contributed by atoms with Gasteiger partial charge in [-0.1, -0.05) is 55.8 Å². The van der Waals surface area contributed by atoms with E-state index < -0.39 is 15.9 Å². The number of amides is 1. The fourth-order valence-corrected chi connectivity index (χ4v) is 4.78. The second-order valence-corrected chi connectivity index (χ2v) is 9.57. The van der Waals surface area contributed by atoms with Gasteiger partial charge in [-0.15, -0.1) is 0 Å². The predicted octanol–water partition coefficient (Wildman–Crippen LogP) is 3.61. The molecule has 2 N–H and O–H groups in total. The van der Waals surface area contributed by atoms with Crippen molar-refractivity contribution in [2.24, 2.45) is 0 Å². The van der Waals surface area contributed by atoms with Crippen LogP contribution in [0.15, 0.2) is 65.8 Å². The van der Waals surface area contributed by atoms with Crippen LogP contribution >= 0.6 is 11.6 Å². The Bertz CT molecular complexity index is 1180. The summed E-state index contributed by atoms with van der Waals surface area (Å²) in [5, 5.41) is 7.07. The summed E-state index contributed by atoms with van der Waals surface area (Å²) in [6, 6.07) is 13.3. The summed E-state index contributed by atoms with van der Waals surface area (Å²) in [6.07, 6.45) is 3.31. The molecule has 0 fully saturated rings. The van der Waals surface area contributed by atoms with Gasteiger partial charge in [-0.3, -0.25) is 9.48 Å². The van der Waals surface area contributed by atoms with E-state index in [-0.39, 0.29) is 22.0 Å². The summed E-state index contributed by atoms with van der Waals surface area (Å²) in [6.45, 7) is 7.81. The number of nitrogens with one attached hydrogen (secondary N) is 2. The lowest BCUT2D eigenvalue weighted by atomic mass is 10.2. The van der Waals surface area contributed by atoms with Crippen molar-refractivity contribution < 1.29 is 13.2 Å². The highest BCUT2D eigenvalue weighted by Gasteiger charge is 2.20. The molecule has 33 heavy (non-hydrogen) atoms. The van der Waals surface area contributed by atoms with E-state index in [0.717, 1.165) is 25.2 Å². The first-order chi connectivity index (χ1) is 15.8. The Kier molecular flexibility index (Phi) is 8.62. The quantitative estimate of drug-likeness (QED) is 0.429. The van der Waals surface area contributed by atoms with Crippen molar-refractivity contribution in [2.45, 2.75) is 31.8 Å². The molecule has 0 unspecified atom stereocenters. The first-order valence-corrected chi connectivity index (χ1v) is 12.6. The van der Waals surface area contributed by atoms with Crippen LogP contribution in [0, 0.1) is 0 Å². The highest BCUT2D eigenvalue weighted by Crippen LogP contribution is 2.23. The molecule has 10 heteroatoms. The first kappa shape index (κ1) is 24.9. The topological polar surface area (TPSA) is 96.3 Å². The van der Waals surface area contributed by atoms with E-state index in [9.17, 15) is 13.2 Å². The Morgan fingerprint density at radius 1 is 1.12 bits per heavy atom. The van der Waals surface area contributed by atoms with Gasteiger partial charge in [-0.05, 0) is 36.9 Å². The lowest BCUT2D eigenvalue weighted by molar-refractivity contribution is 0.102. The molecule has 3 rings (SSSR count). The van der Waals surface area contributed by atoms with Gasteiger partial charge in [-0.25, -0.2) is 13.1 Å². The van der Waals surface area contributed by atoms with E-state index in [1.807, 2.05) is 30.3 Å². The number of anilines is 1. The van der Waals surface area contributed by atoms with Gasteiger partial charge >= 0.3 is 0 Å². The maximum Gasteiger partial charge on any atom is 0.255 e. The highest BCUT2D eigenvalue weighted by molar-refractivity contribution is 7.89. The van der Waals surface area contributed by atoms with Gasteiger partial charge in [-0.2, -0.15) is 5.10 Å². The van der Waals surface area contributed by atoms with Crippen LogP contribution in [0.1, 0.15) is 29.8 Å². The molecule has 0 bridgehead atoms. The normalized spacial score (nSPS) is 11.6. The molecule has 0 spiro atoms. The van der Waals surface area contributed by atoms with Gasteiger partial charge in [0.15, 0.2) is 0 Å². The van der Waals surface area contributed by atoms with Crippen molar-refractivity contribution in [1.82, 2.24) is 19.4 Å². The number of nitrogens with zero attached hydrogens (tertiary/aromatic N) is 3. The molecule has 2 aromatic carbocycles. The highest BCUT2D eigenvalue weighted by atomic mass is 35.5. The molecule has 0 aliphatic rings. The Hall–Kier alpha value is -2.72. The van der Waals surface area contributed by atoms with Crippen LogP contribution < -0.4 is 10.0 Å². The summed E-state index contributed by atoms with van der Waals surface area (Å²) in [5.41, 5.74) is 1.51. The monoisotopic (exact) mass is 489 g/mol. The minimum Gasteiger partial charge on any atom is -0.319 e. The zero-order chi connectivity index (χ0) is 23.8. The molecule has 1 aromatic heterocycles. The van der Waals surface area contributed by atoms with Crippen LogP contribution in [-0.2, 0) is 23.1 Å². The van der Waals surface area contributed by atoms with Gasteiger partial charge in [0.05, 0.1) is 23.5 Å². The molecular formula is C23H28ClN5O3S. The van der Waals surface area contributed by atoms with E-state index in [4.69, 9.17) is 11.6 Å². The number of sulfonamides is 1. The lowest BCUT2D eigenvalue weighted by Crippen LogP contribution is -2.27. The Morgan fingerprint density at radius 2 is 1.85 bits per heavy atom. The minimum absolute atomic E-state index is 0.0383. The molecule has 0 aliphatic heterocycles. The summed E-state index contributed by atoms with van der Waals surface area (Å²) in [7, 11) is -3.92. The summed E-state index contributed by atoms with van der Waals surface area (Å²) in [4.78, 5) is 14.9. The fraction of sp³-hybridized carbons (Fsp3) is 0.304. The summed E-state index contributed by atoms with van der Waals surface area (Å²) in [5.74, 6) is -0.450. The lowest BCUT2D eigenvalue weighted by Gasteiger charge is -2.17. The zero-order valence-corrected chi connectivity index (χ0v) is 20.2. The molecule has 1 amide bonds. The van der Waals surface area contributed by atoms with E-state index >= 15 is 0 Å². The fourth-order valence-electron chi connectivity index (χ4n) is 3.24. The van der Waals surface area contributed by atoms with Gasteiger partial charge in [0.2, 0.25) is 10.0 Å². The first-order valence-electron chi connectivity index (χ1n) is 10.7. The van der Waals surface area contributed by atoms with Crippen LogP contribution in [0.25, 0.3) is 0 Å². The number of benzene rings is 2. The van der Waals surface area contributed by atoms with Crippen LogP contribution in [0.3, 0.4) is 0 Å². The number of likely N-dealkylation sites (N-methyl/N-ethyl adjacent to an activating group) is 1. The smallest absolute Gasteiger partial charge is 0.255 e. The van der Waals surface area contributed by atoms with E-state index in [0.29, 0.717) is 12.2 Å². The number of hydrogen-bond donors (Lipinski definition) is 2. The largest absolute Gasteiger partial charge is 0.319 e. The third-order valence-corrected chi connectivity index (χ3v) is 7.11. The van der Waals surface area contributed by atoms with Crippen molar-refractivity contribution >= 4 is 33.2 Å². The molecule has 0 saturated heterocycles. The van der Waals surface area contributed by atoms with E-state index in [1.54, 1.807) is 17.1 Å². The van der Waals surface area contributed by atoms with Crippen molar-refractivity contribution in [3.8, 4) is 0 Å². The zero-order valence-electron chi connectivity index (χ0n) is 18.7. The van der Waals surface area contributed by atoms with Crippen molar-refractivity contribution in [2.75, 3.05) is 25.0 Å². The number of carbonyl (C=O) groups excluding carboxylic acids is 1. The maximum atomic E-state index is 12.8. The van der Waals surface area contributed by atoms with Gasteiger partial charge in [0, 0.05) is 24.8 Å². The standard InChI is InChI=1S/C23H28ClN5O3S/c1-3-28(4-2)12-13-29-17-20(16-25-29)27-23(30)19-10-11-21(24)22(14-19)33(31,32)26-15-18-8-6-5-7-9-18/h5-11,14,16-17,26H,3-4,12-13,15H2,1-2H3,(H,27,30). The van der Waals surface area contributed by atoms with E-state index in [2.05, 4.69) is 33.9 Å². The van der Waals surface area contributed by atoms with Crippen LogP contribution in [0.2, 0.25) is 5.02 Å². The summed E-state index contributed by atoms with van der Waals surface area (Å²) >= 11 is 6.15. The predicted molar refractivity (Wildman–Crippen MR) is 130 cm³/mol. The van der Waals surface area contributed by atoms with Gasteiger partial charge in [0.1, 0.15) is 4.90 Å². The molecule has 8 nitrogen and oxygen atoms in total. The van der Waals surface area contributed by atoms with E-state index in [1.165, 1.54) is 18.2 Å². The second kappa shape index (κ2) is 11.4. The number of carbonyl (C=O) groups is 1. The SMILES string of the molecule is CCN(CC)CCn1cc(NC(=O)c2ccc(Cl)c(S(=O)(=O)NCc3ccccc3)c2)cn1. The maximum absolute atomic E-state index is 12.8. The van der Waals surface area contributed by atoms with Crippen LogP contribution in [0.5, 0.6) is 0 Å². The second-order valence-electron chi connectivity index (χ2n) is 7.43. The van der Waals surface area contributed by atoms with Crippen molar-refractivity contribution in [3.63, 3.8) is 0 Å². The average Bonchev–Trinajstić information content (AvgIpc) is 3.26. The Balaban J connectivity index is 1.68. The van der Waals surface area contributed by atoms with Gasteiger partial charge in [0.25, 0.3) is 5.91 Å². The van der Waals surface area contributed by atoms with Crippen LogP contribution in [-0.4, -0.2) is 48.6 Å². The third kappa shape index (κ3) is 6.88. The third-order valence-electron chi connectivity index (χ3n) is 5.22. The Morgan fingerprint density at radius 3 is 2.55 bits per heavy atom. The van der Waals surface area contributed by atoms with Crippen LogP contribution in [0.4, 0.5) is 5.69 Å². The van der Waals surface area contributed by atoms with Crippen molar-refractivity contribution in [1.29, 1.82) is 0 Å². The number of aromatic nitrogens is 2. The molecule has 1 heterocycles.